The number of ether oxygens (including phenoxy) is 1. The number of nitro benzene ring substituents is 1. The summed E-state index contributed by atoms with van der Waals surface area (Å²) in [4.78, 5) is 12.5. The molecule has 1 saturated heterocycles. The molecule has 0 radical (unpaired) electrons. The summed E-state index contributed by atoms with van der Waals surface area (Å²) in [5.41, 5.74) is 4.81. The number of nitrogens with one attached hydrogen (secondary N) is 1. The fourth-order valence-corrected chi connectivity index (χ4v) is 3.41. The molecule has 0 spiro atoms. The number of hydrazone groups is 1. The molecular weight excluding hydrogens is 398 g/mol. The van der Waals surface area contributed by atoms with Crippen molar-refractivity contribution in [1.29, 1.82) is 0 Å². The smallest absolute Gasteiger partial charge is 0.295 e. The lowest BCUT2D eigenvalue weighted by atomic mass is 10.1. The monoisotopic (exact) mass is 419 g/mol. The summed E-state index contributed by atoms with van der Waals surface area (Å²) < 4.78 is 28.2. The Kier molecular flexibility index (Phi) is 6.11. The van der Waals surface area contributed by atoms with Gasteiger partial charge in [-0.15, -0.1) is 0 Å². The average molecular weight is 419 g/mol. The van der Waals surface area contributed by atoms with Crippen molar-refractivity contribution in [3.63, 3.8) is 0 Å². The maximum atomic E-state index is 11.4. The van der Waals surface area contributed by atoms with Crippen LogP contribution in [0.4, 0.5) is 17.1 Å². The molecule has 2 aromatic carbocycles. The molecule has 0 aromatic heterocycles. The van der Waals surface area contributed by atoms with E-state index in [1.807, 2.05) is 24.3 Å². The van der Waals surface area contributed by atoms with Gasteiger partial charge in [0.25, 0.3) is 5.69 Å². The van der Waals surface area contributed by atoms with Crippen LogP contribution in [0.15, 0.2) is 52.5 Å². The van der Waals surface area contributed by atoms with E-state index in [0.29, 0.717) is 18.9 Å². The molecule has 1 aliphatic heterocycles. The first kappa shape index (κ1) is 20.7. The number of benzene rings is 2. The largest absolute Gasteiger partial charge is 0.378 e. The Labute approximate surface area is 168 Å². The zero-order valence-electron chi connectivity index (χ0n) is 15.7. The quantitative estimate of drug-likeness (QED) is 0.414. The predicted octanol–water partition coefficient (Wildman–Crippen LogP) is 1.91. The van der Waals surface area contributed by atoms with Gasteiger partial charge in [-0.2, -0.15) is 5.10 Å². The molecule has 0 amide bonds. The van der Waals surface area contributed by atoms with Gasteiger partial charge in [-0.1, -0.05) is 12.1 Å². The minimum absolute atomic E-state index is 0.0617. The number of hydrogen-bond acceptors (Lipinski definition) is 8. The Morgan fingerprint density at radius 2 is 1.86 bits per heavy atom. The first-order valence-electron chi connectivity index (χ1n) is 8.80. The Bertz CT molecular complexity index is 1030. The minimum atomic E-state index is -4.04. The van der Waals surface area contributed by atoms with E-state index >= 15 is 0 Å². The van der Waals surface area contributed by atoms with Gasteiger partial charge in [0.2, 0.25) is 10.0 Å². The summed E-state index contributed by atoms with van der Waals surface area (Å²) in [7, 11) is -4.04. The van der Waals surface area contributed by atoms with Crippen molar-refractivity contribution in [1.82, 2.24) is 0 Å². The third-order valence-corrected chi connectivity index (χ3v) is 5.41. The lowest BCUT2D eigenvalue weighted by molar-refractivity contribution is -0.384. The summed E-state index contributed by atoms with van der Waals surface area (Å²) in [5.74, 6) is 0. The molecule has 2 aromatic rings. The molecule has 0 bridgehead atoms. The van der Waals surface area contributed by atoms with Gasteiger partial charge < -0.3 is 9.64 Å². The van der Waals surface area contributed by atoms with Crippen LogP contribution in [0.25, 0.3) is 0 Å². The normalized spacial score (nSPS) is 15.2. The molecule has 1 fully saturated rings. The van der Waals surface area contributed by atoms with Crippen LogP contribution < -0.4 is 15.5 Å². The van der Waals surface area contributed by atoms with E-state index in [1.165, 1.54) is 12.1 Å². The van der Waals surface area contributed by atoms with Crippen molar-refractivity contribution < 1.29 is 18.1 Å². The van der Waals surface area contributed by atoms with E-state index in [2.05, 4.69) is 15.4 Å². The van der Waals surface area contributed by atoms with Crippen LogP contribution in [-0.4, -0.2) is 45.4 Å². The summed E-state index contributed by atoms with van der Waals surface area (Å²) in [6.45, 7) is 4.85. The first-order chi connectivity index (χ1) is 13.8. The van der Waals surface area contributed by atoms with E-state index < -0.39 is 20.6 Å². The molecule has 3 rings (SSSR count). The lowest BCUT2D eigenvalue weighted by Crippen LogP contribution is -2.36. The molecule has 0 atom stereocenters. The third kappa shape index (κ3) is 5.08. The number of nitrogens with two attached hydrogens (primary N) is 1. The topological polar surface area (TPSA) is 140 Å². The van der Waals surface area contributed by atoms with Crippen molar-refractivity contribution in [2.24, 2.45) is 10.2 Å². The number of hydrogen-bond donors (Lipinski definition) is 2. The second-order valence-electron chi connectivity index (χ2n) is 6.44. The lowest BCUT2D eigenvalue weighted by Gasteiger charge is -2.28. The van der Waals surface area contributed by atoms with Gasteiger partial charge in [0.1, 0.15) is 5.69 Å². The van der Waals surface area contributed by atoms with Crippen molar-refractivity contribution in [2.75, 3.05) is 36.6 Å². The molecule has 11 heteroatoms. The molecule has 0 saturated carbocycles. The number of morpholine rings is 1. The van der Waals surface area contributed by atoms with Crippen LogP contribution in [-0.2, 0) is 14.8 Å². The summed E-state index contributed by atoms with van der Waals surface area (Å²) in [5, 5.41) is 20.5. The zero-order chi connectivity index (χ0) is 21.0. The molecule has 3 N–H and O–H groups in total. The van der Waals surface area contributed by atoms with Crippen molar-refractivity contribution in [2.45, 2.75) is 11.8 Å². The van der Waals surface area contributed by atoms with Gasteiger partial charge in [-0.25, -0.2) is 13.6 Å². The molecule has 10 nitrogen and oxygen atoms in total. The van der Waals surface area contributed by atoms with Crippen molar-refractivity contribution >= 4 is 32.8 Å². The SMILES string of the molecule is CC(=NNc1ccc(S(N)(=O)=O)cc1[N+](=O)[O-])c1ccc(N2CCOCC2)cc1. The Morgan fingerprint density at radius 3 is 2.45 bits per heavy atom. The highest BCUT2D eigenvalue weighted by Gasteiger charge is 2.19. The van der Waals surface area contributed by atoms with Crippen LogP contribution in [0.2, 0.25) is 0 Å². The van der Waals surface area contributed by atoms with Crippen molar-refractivity contribution in [3.8, 4) is 0 Å². The molecular formula is C18H21N5O5S. The molecule has 0 unspecified atom stereocenters. The van der Waals surface area contributed by atoms with E-state index in [9.17, 15) is 18.5 Å². The van der Waals surface area contributed by atoms with Crippen LogP contribution in [0.5, 0.6) is 0 Å². The highest BCUT2D eigenvalue weighted by atomic mass is 32.2. The number of primary sulfonamides is 1. The third-order valence-electron chi connectivity index (χ3n) is 4.50. The molecule has 29 heavy (non-hydrogen) atoms. The van der Waals surface area contributed by atoms with Gasteiger partial charge in [-0.05, 0) is 36.8 Å². The Balaban J connectivity index is 1.77. The van der Waals surface area contributed by atoms with Gasteiger partial charge in [0.15, 0.2) is 0 Å². The van der Waals surface area contributed by atoms with Gasteiger partial charge in [0, 0.05) is 24.8 Å². The van der Waals surface area contributed by atoms with E-state index in [4.69, 9.17) is 9.88 Å². The van der Waals surface area contributed by atoms with Gasteiger partial charge >= 0.3 is 0 Å². The molecule has 1 heterocycles. The fourth-order valence-electron chi connectivity index (χ4n) is 2.88. The first-order valence-corrected chi connectivity index (χ1v) is 10.3. The highest BCUT2D eigenvalue weighted by molar-refractivity contribution is 7.89. The number of nitrogens with zero attached hydrogens (tertiary/aromatic N) is 3. The van der Waals surface area contributed by atoms with Crippen molar-refractivity contribution in [3.05, 3.63) is 58.1 Å². The van der Waals surface area contributed by atoms with E-state index in [0.717, 1.165) is 30.4 Å². The minimum Gasteiger partial charge on any atom is -0.378 e. The summed E-state index contributed by atoms with van der Waals surface area (Å²) in [6.07, 6.45) is 0. The summed E-state index contributed by atoms with van der Waals surface area (Å²) >= 11 is 0. The van der Waals surface area contributed by atoms with Crippen LogP contribution in [0.1, 0.15) is 12.5 Å². The fraction of sp³-hybridized carbons (Fsp3) is 0.278. The standard InChI is InChI=1S/C18H21N5O5S/c1-13(14-2-4-15(5-3-14)22-8-10-28-11-9-22)20-21-17-7-6-16(29(19,26)27)12-18(17)23(24)25/h2-7,12,21H,8-11H2,1H3,(H2,19,26,27). The molecule has 154 valence electrons. The van der Waals surface area contributed by atoms with Crippen LogP contribution in [0.3, 0.4) is 0 Å². The average Bonchev–Trinajstić information content (AvgIpc) is 2.72. The molecule has 0 aliphatic carbocycles. The second-order valence-corrected chi connectivity index (χ2v) is 8.00. The molecule has 1 aliphatic rings. The number of nitro groups is 1. The maximum absolute atomic E-state index is 11.4. The number of anilines is 2. The predicted molar refractivity (Wildman–Crippen MR) is 110 cm³/mol. The van der Waals surface area contributed by atoms with Crippen LogP contribution >= 0.6 is 0 Å². The van der Waals surface area contributed by atoms with Gasteiger partial charge in [0.05, 0.1) is 28.7 Å². The highest BCUT2D eigenvalue weighted by Crippen LogP contribution is 2.27. The number of sulfonamides is 1. The second kappa shape index (κ2) is 8.55. The van der Waals surface area contributed by atoms with E-state index in [1.54, 1.807) is 6.92 Å². The van der Waals surface area contributed by atoms with Gasteiger partial charge in [-0.3, -0.25) is 15.5 Å². The maximum Gasteiger partial charge on any atom is 0.295 e. The van der Waals surface area contributed by atoms with Crippen LogP contribution in [0, 0.1) is 10.1 Å². The Hall–Kier alpha value is -3.02. The zero-order valence-corrected chi connectivity index (χ0v) is 16.6. The summed E-state index contributed by atoms with van der Waals surface area (Å²) in [6, 6.07) is 11.2. The van der Waals surface area contributed by atoms with E-state index in [-0.39, 0.29) is 10.6 Å². The number of rotatable bonds is 6. The Morgan fingerprint density at radius 1 is 1.21 bits per heavy atom.